The zero-order valence-electron chi connectivity index (χ0n) is 19.0. The molecule has 2 atom stereocenters. The Morgan fingerprint density at radius 2 is 1.69 bits per heavy atom. The fourth-order valence-electron chi connectivity index (χ4n) is 3.86. The highest BCUT2D eigenvalue weighted by Crippen LogP contribution is 2.30. The summed E-state index contributed by atoms with van der Waals surface area (Å²) in [5, 5.41) is 11.0. The fourth-order valence-corrected chi connectivity index (χ4v) is 3.86. The minimum absolute atomic E-state index is 0.0869. The van der Waals surface area contributed by atoms with E-state index in [1.54, 1.807) is 29.2 Å². The van der Waals surface area contributed by atoms with E-state index < -0.39 is 41.0 Å². The van der Waals surface area contributed by atoms with Crippen LogP contribution in [0.5, 0.6) is 5.75 Å². The van der Waals surface area contributed by atoms with E-state index >= 15 is 0 Å². The number of nitrogens with zero attached hydrogens (tertiary/aromatic N) is 3. The van der Waals surface area contributed by atoms with E-state index in [0.717, 1.165) is 34.7 Å². The van der Waals surface area contributed by atoms with Gasteiger partial charge in [-0.15, -0.1) is 0 Å². The summed E-state index contributed by atoms with van der Waals surface area (Å²) in [5.41, 5.74) is 0.499. The normalized spacial score (nSPS) is 13.0. The van der Waals surface area contributed by atoms with E-state index in [0.29, 0.717) is 11.4 Å². The minimum atomic E-state index is -1.65. The van der Waals surface area contributed by atoms with Crippen LogP contribution >= 0.6 is 0 Å². The molecule has 0 fully saturated rings. The van der Waals surface area contributed by atoms with Crippen molar-refractivity contribution in [1.29, 1.82) is 0 Å². The lowest BCUT2D eigenvalue weighted by Crippen LogP contribution is -2.29. The summed E-state index contributed by atoms with van der Waals surface area (Å²) >= 11 is 0. The summed E-state index contributed by atoms with van der Waals surface area (Å²) in [5.74, 6) is -4.99. The van der Waals surface area contributed by atoms with Crippen LogP contribution in [0.3, 0.4) is 0 Å². The van der Waals surface area contributed by atoms with Gasteiger partial charge in [0.1, 0.15) is 17.7 Å². The van der Waals surface area contributed by atoms with Gasteiger partial charge in [0.2, 0.25) is 0 Å². The zero-order chi connectivity index (χ0) is 25.4. The molecule has 2 unspecified atom stereocenters. The number of imidazole rings is 1. The number of methoxy groups -OCH3 is 1. The molecule has 2 aromatic carbocycles. The van der Waals surface area contributed by atoms with Gasteiger partial charge in [-0.3, -0.25) is 4.79 Å². The van der Waals surface area contributed by atoms with Crippen LogP contribution in [0.15, 0.2) is 59.9 Å². The summed E-state index contributed by atoms with van der Waals surface area (Å²) in [6, 6.07) is 6.02. The molecule has 0 saturated carbocycles. The average molecular weight is 487 g/mol. The standard InChI is InChI=1S/C25H21F4N3O3/c1-13-10-31(12-30-13)21-5-4-15(8-22(21)35-3)24(33)18-9-17(26)11-32(25(18)34)14(2)16-6-19(27)23(29)20(28)7-16/h4-12,14,24,33H,1-3H3. The first-order chi connectivity index (χ1) is 16.6. The molecule has 0 bridgehead atoms. The molecule has 182 valence electrons. The molecule has 0 aliphatic heterocycles. The molecule has 1 N–H and O–H groups in total. The Bertz CT molecular complexity index is 1440. The average Bonchev–Trinajstić information content (AvgIpc) is 3.28. The largest absolute Gasteiger partial charge is 0.495 e. The first-order valence-electron chi connectivity index (χ1n) is 10.5. The highest BCUT2D eigenvalue weighted by molar-refractivity contribution is 5.50. The van der Waals surface area contributed by atoms with Gasteiger partial charge in [-0.2, -0.15) is 0 Å². The molecular weight excluding hydrogens is 466 g/mol. The Morgan fingerprint density at radius 3 is 2.29 bits per heavy atom. The number of aliphatic hydroxyl groups is 1. The van der Waals surface area contributed by atoms with Crippen LogP contribution in [0.25, 0.3) is 5.69 Å². The van der Waals surface area contributed by atoms with E-state index in [4.69, 9.17) is 4.74 Å². The van der Waals surface area contributed by atoms with Crippen molar-refractivity contribution in [2.75, 3.05) is 7.11 Å². The van der Waals surface area contributed by atoms with Crippen LogP contribution in [0.1, 0.15) is 41.5 Å². The molecule has 0 aliphatic rings. The van der Waals surface area contributed by atoms with E-state index in [1.165, 1.54) is 20.1 Å². The molecular formula is C25H21F4N3O3. The van der Waals surface area contributed by atoms with Crippen molar-refractivity contribution in [3.8, 4) is 11.4 Å². The molecule has 2 heterocycles. The summed E-state index contributed by atoms with van der Waals surface area (Å²) in [4.78, 5) is 17.3. The molecule has 4 rings (SSSR count). The molecule has 10 heteroatoms. The summed E-state index contributed by atoms with van der Waals surface area (Å²) < 4.78 is 63.3. The van der Waals surface area contributed by atoms with Crippen LogP contribution in [-0.4, -0.2) is 26.3 Å². The van der Waals surface area contributed by atoms with Crippen LogP contribution in [0.4, 0.5) is 17.6 Å². The Balaban J connectivity index is 1.75. The Morgan fingerprint density at radius 1 is 1.00 bits per heavy atom. The number of aromatic nitrogens is 3. The number of benzene rings is 2. The topological polar surface area (TPSA) is 69.3 Å². The second-order valence-corrected chi connectivity index (χ2v) is 8.06. The van der Waals surface area contributed by atoms with Gasteiger partial charge in [-0.25, -0.2) is 22.5 Å². The maximum atomic E-state index is 14.5. The van der Waals surface area contributed by atoms with Gasteiger partial charge in [0.15, 0.2) is 17.5 Å². The molecule has 0 radical (unpaired) electrons. The molecule has 0 aliphatic carbocycles. The lowest BCUT2D eigenvalue weighted by molar-refractivity contribution is 0.216. The van der Waals surface area contributed by atoms with Gasteiger partial charge in [0.25, 0.3) is 5.56 Å². The highest BCUT2D eigenvalue weighted by Gasteiger charge is 2.23. The van der Waals surface area contributed by atoms with Gasteiger partial charge in [0, 0.05) is 12.4 Å². The van der Waals surface area contributed by atoms with Crippen molar-refractivity contribution in [1.82, 2.24) is 14.1 Å². The Kier molecular flexibility index (Phi) is 6.49. The molecule has 0 saturated heterocycles. The quantitative estimate of drug-likeness (QED) is 0.319. The van der Waals surface area contributed by atoms with Crippen LogP contribution in [-0.2, 0) is 0 Å². The highest BCUT2D eigenvalue weighted by atomic mass is 19.2. The number of aryl methyl sites for hydroxylation is 1. The van der Waals surface area contributed by atoms with Crippen molar-refractivity contribution < 1.29 is 27.4 Å². The Labute approximate surface area is 197 Å². The van der Waals surface area contributed by atoms with Crippen molar-refractivity contribution in [3.05, 3.63) is 111 Å². The molecule has 4 aromatic rings. The predicted octanol–water partition coefficient (Wildman–Crippen LogP) is 4.60. The molecule has 0 spiro atoms. The van der Waals surface area contributed by atoms with Crippen LogP contribution in [0, 0.1) is 30.2 Å². The van der Waals surface area contributed by atoms with Gasteiger partial charge in [-0.1, -0.05) is 6.07 Å². The van der Waals surface area contributed by atoms with Crippen molar-refractivity contribution >= 4 is 0 Å². The molecule has 2 aromatic heterocycles. The zero-order valence-corrected chi connectivity index (χ0v) is 19.0. The second-order valence-electron chi connectivity index (χ2n) is 8.06. The number of pyridine rings is 1. The van der Waals surface area contributed by atoms with Crippen LogP contribution in [0.2, 0.25) is 0 Å². The van der Waals surface area contributed by atoms with Gasteiger partial charge < -0.3 is 19.0 Å². The van der Waals surface area contributed by atoms with E-state index in [1.807, 2.05) is 6.92 Å². The lowest BCUT2D eigenvalue weighted by Gasteiger charge is -2.20. The fraction of sp³-hybridized carbons (Fsp3) is 0.200. The third-order valence-corrected chi connectivity index (χ3v) is 5.75. The molecule has 35 heavy (non-hydrogen) atoms. The second kappa shape index (κ2) is 9.38. The van der Waals surface area contributed by atoms with Crippen molar-refractivity contribution in [3.63, 3.8) is 0 Å². The first-order valence-corrected chi connectivity index (χ1v) is 10.5. The predicted molar refractivity (Wildman–Crippen MR) is 120 cm³/mol. The maximum absolute atomic E-state index is 14.5. The van der Waals surface area contributed by atoms with Crippen LogP contribution < -0.4 is 10.3 Å². The minimum Gasteiger partial charge on any atom is -0.495 e. The third kappa shape index (κ3) is 4.57. The first kappa shape index (κ1) is 24.2. The number of hydrogen-bond donors (Lipinski definition) is 1. The van der Waals surface area contributed by atoms with Gasteiger partial charge >= 0.3 is 0 Å². The SMILES string of the molecule is COc1cc(C(O)c2cc(F)cn(C(C)c3cc(F)c(F)c(F)c3)c2=O)ccc1-n1cnc(C)c1. The van der Waals surface area contributed by atoms with Crippen molar-refractivity contribution in [2.24, 2.45) is 0 Å². The summed E-state index contributed by atoms with van der Waals surface area (Å²) in [7, 11) is 1.44. The number of halogens is 4. The monoisotopic (exact) mass is 487 g/mol. The summed E-state index contributed by atoms with van der Waals surface area (Å²) in [6.45, 7) is 3.22. The third-order valence-electron chi connectivity index (χ3n) is 5.75. The maximum Gasteiger partial charge on any atom is 0.257 e. The number of ether oxygens (including phenoxy) is 1. The number of rotatable bonds is 6. The molecule has 0 amide bonds. The smallest absolute Gasteiger partial charge is 0.257 e. The number of aliphatic hydroxyl groups excluding tert-OH is 1. The van der Waals surface area contributed by atoms with Gasteiger partial charge in [-0.05, 0) is 55.3 Å². The Hall–Kier alpha value is -3.92. The van der Waals surface area contributed by atoms with Gasteiger partial charge in [0.05, 0.1) is 36.4 Å². The van der Waals surface area contributed by atoms with Crippen molar-refractivity contribution in [2.45, 2.75) is 26.0 Å². The van der Waals surface area contributed by atoms with E-state index in [-0.39, 0.29) is 16.7 Å². The summed E-state index contributed by atoms with van der Waals surface area (Å²) in [6.07, 6.45) is 2.69. The van der Waals surface area contributed by atoms with E-state index in [2.05, 4.69) is 4.98 Å². The van der Waals surface area contributed by atoms with E-state index in [9.17, 15) is 27.5 Å². The number of hydrogen-bond acceptors (Lipinski definition) is 4. The molecule has 6 nitrogen and oxygen atoms in total. The lowest BCUT2D eigenvalue weighted by atomic mass is 10.0.